The number of anilines is 1. The van der Waals surface area contributed by atoms with Crippen molar-refractivity contribution in [1.29, 1.82) is 0 Å². The molecule has 0 bridgehead atoms. The van der Waals surface area contributed by atoms with Crippen LogP contribution in [0.2, 0.25) is 0 Å². The number of hydrazine groups is 1. The highest BCUT2D eigenvalue weighted by Crippen LogP contribution is 2.46. The Morgan fingerprint density at radius 3 is 2.69 bits per heavy atom. The highest BCUT2D eigenvalue weighted by molar-refractivity contribution is 7.92. The van der Waals surface area contributed by atoms with Gasteiger partial charge in [-0.2, -0.15) is 0 Å². The van der Waals surface area contributed by atoms with Gasteiger partial charge in [0, 0.05) is 43.7 Å². The van der Waals surface area contributed by atoms with E-state index in [4.69, 9.17) is 18.9 Å². The second kappa shape index (κ2) is 10.3. The molecule has 1 saturated carbocycles. The van der Waals surface area contributed by atoms with Crippen molar-refractivity contribution in [2.45, 2.75) is 63.3 Å². The number of hydrogen-bond acceptors (Lipinski definition) is 10. The fourth-order valence-electron chi connectivity index (χ4n) is 5.98. The summed E-state index contributed by atoms with van der Waals surface area (Å²) in [6.45, 7) is 7.51. The summed E-state index contributed by atoms with van der Waals surface area (Å²) in [6, 6.07) is 2.08. The fourth-order valence-corrected chi connectivity index (χ4v) is 6.53. The van der Waals surface area contributed by atoms with E-state index in [1.807, 2.05) is 12.3 Å². The van der Waals surface area contributed by atoms with Crippen molar-refractivity contribution in [2.24, 2.45) is 5.92 Å². The van der Waals surface area contributed by atoms with Crippen LogP contribution in [0, 0.1) is 5.92 Å². The molecule has 1 aliphatic carbocycles. The molecule has 0 radical (unpaired) electrons. The number of sulfonamides is 1. The molecule has 2 saturated heterocycles. The zero-order valence-corrected chi connectivity index (χ0v) is 22.0. The molecule has 6 unspecified atom stereocenters. The van der Waals surface area contributed by atoms with Crippen LogP contribution >= 0.6 is 0 Å². The number of hydrogen-bond donors (Lipinski definition) is 3. The molecule has 12 heteroatoms. The number of fused-ring (bicyclic) bond motifs is 1. The molecular formula is C24H36N6O5S. The van der Waals surface area contributed by atoms with Gasteiger partial charge in [-0.1, -0.05) is 0 Å². The van der Waals surface area contributed by atoms with E-state index >= 15 is 0 Å². The van der Waals surface area contributed by atoms with Crippen LogP contribution in [-0.4, -0.2) is 74.5 Å². The van der Waals surface area contributed by atoms with Crippen LogP contribution in [0.25, 0.3) is 0 Å². The van der Waals surface area contributed by atoms with Gasteiger partial charge in [-0.15, -0.1) is 0 Å². The second-order valence-electron chi connectivity index (χ2n) is 10.4. The van der Waals surface area contributed by atoms with Gasteiger partial charge >= 0.3 is 0 Å². The quantitative estimate of drug-likeness (QED) is 0.497. The summed E-state index contributed by atoms with van der Waals surface area (Å²) in [7, 11) is -2.00. The Balaban J connectivity index is 1.36. The Kier molecular flexibility index (Phi) is 7.23. The molecule has 0 spiro atoms. The molecule has 5 rings (SSSR count). The topological polar surface area (TPSA) is 131 Å². The first-order chi connectivity index (χ1) is 17.2. The lowest BCUT2D eigenvalue weighted by molar-refractivity contribution is -0.0719. The number of aromatic nitrogens is 2. The molecule has 0 amide bonds. The lowest BCUT2D eigenvalue weighted by atomic mass is 9.70. The number of nitrogens with one attached hydrogen (secondary N) is 3. The van der Waals surface area contributed by atoms with Crippen molar-refractivity contribution < 1.29 is 22.3 Å². The molecule has 6 atom stereocenters. The van der Waals surface area contributed by atoms with Gasteiger partial charge in [-0.3, -0.25) is 20.5 Å². The molecule has 0 aromatic carbocycles. The number of rotatable bonds is 7. The normalized spacial score (nSPS) is 31.2. The molecule has 3 aliphatic rings. The number of oxazole rings is 1. The standard InChI is InChI=1S/C24H36N6O5S/c1-14-11-30(12-15(2)34-14)13-18-9-26-23(35-18)19-5-16(6-21-20(19)10-27-28-21)17-7-22(29-36(4,31)32)24(33-3)25-8-17/h7-9,14-16,19-21,27-29H,5-6,10-13H2,1-4H3. The first-order valence-electron chi connectivity index (χ1n) is 12.5. The predicted octanol–water partition coefficient (Wildman–Crippen LogP) is 1.81. The van der Waals surface area contributed by atoms with Crippen molar-refractivity contribution in [3.05, 3.63) is 35.7 Å². The van der Waals surface area contributed by atoms with E-state index in [9.17, 15) is 8.42 Å². The van der Waals surface area contributed by atoms with Gasteiger partial charge in [0.15, 0.2) is 5.89 Å². The number of nitrogens with zero attached hydrogens (tertiary/aromatic N) is 3. The highest BCUT2D eigenvalue weighted by atomic mass is 32.2. The maximum atomic E-state index is 11.9. The molecule has 2 aromatic rings. The third kappa shape index (κ3) is 5.67. The molecular weight excluding hydrogens is 484 g/mol. The first-order valence-corrected chi connectivity index (χ1v) is 14.4. The summed E-state index contributed by atoms with van der Waals surface area (Å²) in [5, 5.41) is 0. The van der Waals surface area contributed by atoms with E-state index < -0.39 is 10.0 Å². The fraction of sp³-hybridized carbons (Fsp3) is 0.667. The van der Waals surface area contributed by atoms with E-state index in [0.717, 1.165) is 55.9 Å². The van der Waals surface area contributed by atoms with E-state index in [2.05, 4.69) is 39.3 Å². The monoisotopic (exact) mass is 520 g/mol. The van der Waals surface area contributed by atoms with Gasteiger partial charge in [0.05, 0.1) is 38.3 Å². The van der Waals surface area contributed by atoms with E-state index in [1.54, 1.807) is 6.20 Å². The minimum atomic E-state index is -3.47. The molecule has 3 fully saturated rings. The first kappa shape index (κ1) is 25.4. The summed E-state index contributed by atoms with van der Waals surface area (Å²) in [5.74, 6) is 2.52. The van der Waals surface area contributed by atoms with Gasteiger partial charge in [0.2, 0.25) is 15.9 Å². The summed E-state index contributed by atoms with van der Waals surface area (Å²) >= 11 is 0. The average molecular weight is 521 g/mol. The second-order valence-corrected chi connectivity index (χ2v) is 12.1. The van der Waals surface area contributed by atoms with Gasteiger partial charge < -0.3 is 13.9 Å². The van der Waals surface area contributed by atoms with Crippen LogP contribution in [0.3, 0.4) is 0 Å². The van der Waals surface area contributed by atoms with Gasteiger partial charge in [-0.25, -0.2) is 18.4 Å². The Bertz CT molecular complexity index is 1160. The van der Waals surface area contributed by atoms with Crippen LogP contribution in [0.5, 0.6) is 5.88 Å². The largest absolute Gasteiger partial charge is 0.480 e. The summed E-state index contributed by atoms with van der Waals surface area (Å²) < 4.78 is 43.8. The summed E-state index contributed by atoms with van der Waals surface area (Å²) in [6.07, 6.45) is 6.89. The Morgan fingerprint density at radius 2 is 1.97 bits per heavy atom. The van der Waals surface area contributed by atoms with Crippen molar-refractivity contribution in [2.75, 3.05) is 37.7 Å². The molecule has 2 aromatic heterocycles. The zero-order valence-electron chi connectivity index (χ0n) is 21.2. The van der Waals surface area contributed by atoms with Crippen LogP contribution < -0.4 is 20.3 Å². The van der Waals surface area contributed by atoms with E-state index in [-0.39, 0.29) is 36.0 Å². The Hall–Kier alpha value is -2.25. The number of morpholine rings is 1. The number of methoxy groups -OCH3 is 1. The van der Waals surface area contributed by atoms with Crippen molar-refractivity contribution >= 4 is 15.7 Å². The smallest absolute Gasteiger partial charge is 0.238 e. The van der Waals surface area contributed by atoms with Crippen LogP contribution in [-0.2, 0) is 21.3 Å². The lowest BCUT2D eigenvalue weighted by Crippen LogP contribution is -2.44. The maximum absolute atomic E-state index is 11.9. The molecule has 2 aliphatic heterocycles. The summed E-state index contributed by atoms with van der Waals surface area (Å²) in [5.41, 5.74) is 8.04. The molecule has 4 heterocycles. The molecule has 11 nitrogen and oxygen atoms in total. The van der Waals surface area contributed by atoms with Gasteiger partial charge in [-0.05, 0) is 44.2 Å². The number of pyridine rings is 1. The Labute approximate surface area is 212 Å². The molecule has 3 N–H and O–H groups in total. The maximum Gasteiger partial charge on any atom is 0.238 e. The van der Waals surface area contributed by atoms with Crippen LogP contribution in [0.4, 0.5) is 5.69 Å². The lowest BCUT2D eigenvalue weighted by Gasteiger charge is -2.36. The van der Waals surface area contributed by atoms with Gasteiger partial charge in [0.1, 0.15) is 11.4 Å². The minimum Gasteiger partial charge on any atom is -0.480 e. The zero-order chi connectivity index (χ0) is 25.4. The SMILES string of the molecule is COc1ncc(C2CC3NNCC3C(c3ncc(CN4CC(C)OC(C)C4)o3)C2)cc1NS(C)(=O)=O. The van der Waals surface area contributed by atoms with E-state index in [0.29, 0.717) is 18.2 Å². The molecule has 198 valence electrons. The Morgan fingerprint density at radius 1 is 1.19 bits per heavy atom. The van der Waals surface area contributed by atoms with Crippen molar-refractivity contribution in [1.82, 2.24) is 25.7 Å². The third-order valence-corrected chi connectivity index (χ3v) is 7.92. The molecule has 36 heavy (non-hydrogen) atoms. The van der Waals surface area contributed by atoms with Crippen LogP contribution in [0.1, 0.15) is 55.7 Å². The van der Waals surface area contributed by atoms with Crippen molar-refractivity contribution in [3.8, 4) is 5.88 Å². The minimum absolute atomic E-state index is 0.126. The average Bonchev–Trinajstić information content (AvgIpc) is 3.46. The summed E-state index contributed by atoms with van der Waals surface area (Å²) in [4.78, 5) is 11.5. The van der Waals surface area contributed by atoms with Crippen LogP contribution in [0.15, 0.2) is 22.9 Å². The predicted molar refractivity (Wildman–Crippen MR) is 134 cm³/mol. The van der Waals surface area contributed by atoms with E-state index in [1.165, 1.54) is 7.11 Å². The number of ether oxygens (including phenoxy) is 2. The van der Waals surface area contributed by atoms with Gasteiger partial charge in [0.25, 0.3) is 0 Å². The van der Waals surface area contributed by atoms with Crippen molar-refractivity contribution in [3.63, 3.8) is 0 Å². The highest BCUT2D eigenvalue weighted by Gasteiger charge is 2.44. The third-order valence-electron chi connectivity index (χ3n) is 7.33.